The lowest BCUT2D eigenvalue weighted by atomic mass is 9.83. The van der Waals surface area contributed by atoms with Crippen molar-refractivity contribution >= 4 is 21.9 Å². The number of hydrogen-bond acceptors (Lipinski definition) is 1. The zero-order valence-electron chi connectivity index (χ0n) is 10.3. The van der Waals surface area contributed by atoms with Crippen molar-refractivity contribution in [3.8, 4) is 0 Å². The summed E-state index contributed by atoms with van der Waals surface area (Å²) >= 11 is 3.41. The highest BCUT2D eigenvalue weighted by molar-refractivity contribution is 9.10. The molecule has 1 rings (SSSR count). The van der Waals surface area contributed by atoms with E-state index < -0.39 is 5.97 Å². The number of carbonyl (C=O) groups is 1. The lowest BCUT2D eigenvalue weighted by Crippen LogP contribution is -2.25. The lowest BCUT2D eigenvalue weighted by molar-refractivity contribution is -0.143. The Morgan fingerprint density at radius 2 is 2.00 bits per heavy atom. The lowest BCUT2D eigenvalue weighted by Gasteiger charge is -2.21. The van der Waals surface area contributed by atoms with Gasteiger partial charge in [-0.2, -0.15) is 0 Å². The van der Waals surface area contributed by atoms with Crippen LogP contribution in [0.3, 0.4) is 0 Å². The van der Waals surface area contributed by atoms with E-state index in [1.54, 1.807) is 0 Å². The predicted octanol–water partition coefficient (Wildman–Crippen LogP) is 4.13. The van der Waals surface area contributed by atoms with Crippen molar-refractivity contribution < 1.29 is 9.90 Å². The topological polar surface area (TPSA) is 37.3 Å². The SMILES string of the molecule is CCC(CC)C(Cc1cccc(Br)c1)C(=O)O. The van der Waals surface area contributed by atoms with Crippen molar-refractivity contribution in [1.82, 2.24) is 0 Å². The van der Waals surface area contributed by atoms with Crippen LogP contribution in [0.25, 0.3) is 0 Å². The zero-order valence-corrected chi connectivity index (χ0v) is 11.9. The smallest absolute Gasteiger partial charge is 0.307 e. The van der Waals surface area contributed by atoms with Gasteiger partial charge in [-0.15, -0.1) is 0 Å². The molecule has 0 fully saturated rings. The van der Waals surface area contributed by atoms with Crippen LogP contribution in [0.15, 0.2) is 28.7 Å². The predicted molar refractivity (Wildman–Crippen MR) is 73.0 cm³/mol. The maximum absolute atomic E-state index is 11.3. The summed E-state index contributed by atoms with van der Waals surface area (Å²) in [4.78, 5) is 11.3. The fourth-order valence-corrected chi connectivity index (χ4v) is 2.68. The van der Waals surface area contributed by atoms with Gasteiger partial charge >= 0.3 is 5.97 Å². The minimum atomic E-state index is -0.682. The van der Waals surface area contributed by atoms with E-state index >= 15 is 0 Å². The monoisotopic (exact) mass is 298 g/mol. The summed E-state index contributed by atoms with van der Waals surface area (Å²) < 4.78 is 1.00. The van der Waals surface area contributed by atoms with Gasteiger partial charge in [0.25, 0.3) is 0 Å². The van der Waals surface area contributed by atoms with Gasteiger partial charge in [-0.25, -0.2) is 0 Å². The average Bonchev–Trinajstić information content (AvgIpc) is 2.29. The van der Waals surface area contributed by atoms with Crippen LogP contribution in [0, 0.1) is 11.8 Å². The first-order valence-electron chi connectivity index (χ1n) is 6.05. The molecule has 1 aromatic carbocycles. The minimum Gasteiger partial charge on any atom is -0.481 e. The highest BCUT2D eigenvalue weighted by Gasteiger charge is 2.25. The standard InChI is InChI=1S/C14H19BrO2/c1-3-11(4-2)13(14(16)17)9-10-6-5-7-12(15)8-10/h5-8,11,13H,3-4,9H2,1-2H3,(H,16,17). The van der Waals surface area contributed by atoms with E-state index in [0.29, 0.717) is 6.42 Å². The van der Waals surface area contributed by atoms with Crippen molar-refractivity contribution in [3.05, 3.63) is 34.3 Å². The van der Waals surface area contributed by atoms with Crippen molar-refractivity contribution in [2.24, 2.45) is 11.8 Å². The Kier molecular flexibility index (Phi) is 5.69. The Balaban J connectivity index is 2.83. The summed E-state index contributed by atoms with van der Waals surface area (Å²) in [7, 11) is 0. The number of hydrogen-bond donors (Lipinski definition) is 1. The van der Waals surface area contributed by atoms with Gasteiger partial charge in [-0.3, -0.25) is 4.79 Å². The minimum absolute atomic E-state index is 0.256. The van der Waals surface area contributed by atoms with E-state index in [4.69, 9.17) is 0 Å². The number of halogens is 1. The molecule has 1 atom stereocenters. The van der Waals surface area contributed by atoms with Gasteiger partial charge in [0.2, 0.25) is 0 Å². The van der Waals surface area contributed by atoms with E-state index in [1.807, 2.05) is 24.3 Å². The van der Waals surface area contributed by atoms with Crippen LogP contribution >= 0.6 is 15.9 Å². The summed E-state index contributed by atoms with van der Waals surface area (Å²) in [6.07, 6.45) is 2.45. The molecule has 1 N–H and O–H groups in total. The number of benzene rings is 1. The van der Waals surface area contributed by atoms with Crippen LogP contribution < -0.4 is 0 Å². The molecule has 3 heteroatoms. The van der Waals surface area contributed by atoms with Crippen LogP contribution in [-0.2, 0) is 11.2 Å². The maximum Gasteiger partial charge on any atom is 0.307 e. The van der Waals surface area contributed by atoms with Gasteiger partial charge in [-0.1, -0.05) is 54.8 Å². The van der Waals surface area contributed by atoms with E-state index in [1.165, 1.54) is 0 Å². The second kappa shape index (κ2) is 6.80. The third-order valence-corrected chi connectivity index (χ3v) is 3.77. The van der Waals surface area contributed by atoms with Crippen molar-refractivity contribution in [3.63, 3.8) is 0 Å². The van der Waals surface area contributed by atoms with Crippen molar-refractivity contribution in [2.45, 2.75) is 33.1 Å². The highest BCUT2D eigenvalue weighted by atomic mass is 79.9. The summed E-state index contributed by atoms with van der Waals surface area (Å²) in [5, 5.41) is 9.32. The Hall–Kier alpha value is -0.830. The first kappa shape index (κ1) is 14.2. The number of carboxylic acids is 1. The molecule has 0 heterocycles. The maximum atomic E-state index is 11.3. The van der Waals surface area contributed by atoms with E-state index in [-0.39, 0.29) is 11.8 Å². The molecule has 17 heavy (non-hydrogen) atoms. The van der Waals surface area contributed by atoms with Gasteiger partial charge in [0, 0.05) is 4.47 Å². The zero-order chi connectivity index (χ0) is 12.8. The van der Waals surface area contributed by atoms with E-state index in [0.717, 1.165) is 22.9 Å². The Bertz CT molecular complexity index is 372. The fraction of sp³-hybridized carbons (Fsp3) is 0.500. The van der Waals surface area contributed by atoms with Crippen LogP contribution in [0.2, 0.25) is 0 Å². The molecular weight excluding hydrogens is 280 g/mol. The largest absolute Gasteiger partial charge is 0.481 e. The molecule has 2 nitrogen and oxygen atoms in total. The van der Waals surface area contributed by atoms with Gasteiger partial charge in [-0.05, 0) is 30.0 Å². The van der Waals surface area contributed by atoms with Gasteiger partial charge in [0.15, 0.2) is 0 Å². The molecule has 0 saturated carbocycles. The molecule has 0 radical (unpaired) electrons. The third kappa shape index (κ3) is 4.15. The van der Waals surface area contributed by atoms with Gasteiger partial charge in [0.05, 0.1) is 5.92 Å². The Morgan fingerprint density at radius 3 is 2.47 bits per heavy atom. The van der Waals surface area contributed by atoms with E-state index in [9.17, 15) is 9.90 Å². The van der Waals surface area contributed by atoms with Crippen LogP contribution in [0.1, 0.15) is 32.3 Å². The number of aliphatic carboxylic acids is 1. The van der Waals surface area contributed by atoms with Crippen LogP contribution in [-0.4, -0.2) is 11.1 Å². The third-order valence-electron chi connectivity index (χ3n) is 3.28. The highest BCUT2D eigenvalue weighted by Crippen LogP contribution is 2.25. The molecule has 0 saturated heterocycles. The van der Waals surface area contributed by atoms with Gasteiger partial charge in [0.1, 0.15) is 0 Å². The second-order valence-electron chi connectivity index (χ2n) is 4.36. The normalized spacial score (nSPS) is 12.7. The molecule has 0 spiro atoms. The fourth-order valence-electron chi connectivity index (χ4n) is 2.23. The summed E-state index contributed by atoms with van der Waals surface area (Å²) in [6, 6.07) is 7.89. The van der Waals surface area contributed by atoms with E-state index in [2.05, 4.69) is 29.8 Å². The molecule has 0 amide bonds. The van der Waals surface area contributed by atoms with Gasteiger partial charge < -0.3 is 5.11 Å². The summed E-state index contributed by atoms with van der Waals surface area (Å²) in [6.45, 7) is 4.12. The molecule has 0 bridgehead atoms. The molecule has 0 aliphatic carbocycles. The second-order valence-corrected chi connectivity index (χ2v) is 5.27. The van der Waals surface area contributed by atoms with Crippen molar-refractivity contribution in [1.29, 1.82) is 0 Å². The molecule has 0 aliphatic rings. The molecule has 94 valence electrons. The molecule has 1 aromatic rings. The molecule has 0 aliphatic heterocycles. The Morgan fingerprint density at radius 1 is 1.35 bits per heavy atom. The molecular formula is C14H19BrO2. The molecule has 0 aromatic heterocycles. The number of carboxylic acid groups (broad SMARTS) is 1. The van der Waals surface area contributed by atoms with Crippen LogP contribution in [0.5, 0.6) is 0 Å². The average molecular weight is 299 g/mol. The summed E-state index contributed by atoms with van der Waals surface area (Å²) in [5.74, 6) is -0.704. The van der Waals surface area contributed by atoms with Crippen LogP contribution in [0.4, 0.5) is 0 Å². The Labute approximate surface area is 111 Å². The van der Waals surface area contributed by atoms with Crippen molar-refractivity contribution in [2.75, 3.05) is 0 Å². The summed E-state index contributed by atoms with van der Waals surface area (Å²) in [5.41, 5.74) is 1.08. The quantitative estimate of drug-likeness (QED) is 0.857. The number of rotatable bonds is 6. The first-order chi connectivity index (χ1) is 8.08. The first-order valence-corrected chi connectivity index (χ1v) is 6.85. The molecule has 1 unspecified atom stereocenters.